The van der Waals surface area contributed by atoms with Crippen molar-refractivity contribution in [2.75, 3.05) is 40.3 Å². The van der Waals surface area contributed by atoms with Gasteiger partial charge < -0.3 is 19.9 Å². The van der Waals surface area contributed by atoms with Crippen molar-refractivity contribution in [1.82, 2.24) is 15.1 Å². The second-order valence-corrected chi connectivity index (χ2v) is 6.55. The van der Waals surface area contributed by atoms with Crippen LogP contribution in [0.4, 0.5) is 0 Å². The van der Waals surface area contributed by atoms with Crippen LogP contribution in [0.3, 0.4) is 0 Å². The van der Waals surface area contributed by atoms with Gasteiger partial charge >= 0.3 is 0 Å². The first-order valence-electron chi connectivity index (χ1n) is 9.14. The van der Waals surface area contributed by atoms with Crippen molar-refractivity contribution >= 4 is 35.8 Å². The molecule has 1 aliphatic rings. The van der Waals surface area contributed by atoms with Gasteiger partial charge in [-0.25, -0.2) is 4.99 Å². The van der Waals surface area contributed by atoms with Gasteiger partial charge in [-0.3, -0.25) is 4.79 Å². The van der Waals surface area contributed by atoms with Crippen molar-refractivity contribution in [1.29, 1.82) is 0 Å². The van der Waals surface area contributed by atoms with E-state index in [1.807, 2.05) is 6.07 Å². The molecule has 1 amide bonds. The molecule has 0 aliphatic carbocycles. The van der Waals surface area contributed by atoms with E-state index >= 15 is 0 Å². The molecule has 7 heteroatoms. The molecule has 0 radical (unpaired) electrons. The lowest BCUT2D eigenvalue weighted by Crippen LogP contribution is -2.44. The van der Waals surface area contributed by atoms with E-state index < -0.39 is 0 Å². The van der Waals surface area contributed by atoms with Crippen LogP contribution in [0, 0.1) is 0 Å². The number of hydrogen-bond donors (Lipinski definition) is 1. The molecule has 0 spiro atoms. The number of carbonyl (C=O) groups is 1. The molecule has 1 heterocycles. The molecule has 0 aromatic heterocycles. The number of nitrogens with zero attached hydrogens (tertiary/aromatic N) is 3. The molecular weight excluding hydrogens is 455 g/mol. The van der Waals surface area contributed by atoms with Crippen molar-refractivity contribution < 1.29 is 9.53 Å². The van der Waals surface area contributed by atoms with Crippen LogP contribution in [0.5, 0.6) is 5.75 Å². The number of hydrogen-bond acceptors (Lipinski definition) is 3. The molecule has 2 rings (SSSR count). The molecule has 6 nitrogen and oxygen atoms in total. The van der Waals surface area contributed by atoms with Crippen LogP contribution in [0.1, 0.15) is 24.5 Å². The van der Waals surface area contributed by atoms with E-state index in [2.05, 4.69) is 40.8 Å². The fraction of sp³-hybridized carbons (Fsp3) is 0.500. The molecule has 0 saturated carbocycles. The minimum absolute atomic E-state index is 0. The summed E-state index contributed by atoms with van der Waals surface area (Å²) < 4.78 is 5.73. The lowest BCUT2D eigenvalue weighted by atomic mass is 9.99. The number of nitrogens with one attached hydrogen (secondary N) is 1. The number of ether oxygens (including phenoxy) is 1. The Morgan fingerprint density at radius 2 is 2.19 bits per heavy atom. The maximum atomic E-state index is 11.9. The van der Waals surface area contributed by atoms with E-state index in [4.69, 9.17) is 4.74 Å². The topological polar surface area (TPSA) is 57.2 Å². The average Bonchev–Trinajstić information content (AvgIpc) is 2.65. The van der Waals surface area contributed by atoms with Gasteiger partial charge in [-0.2, -0.15) is 0 Å². The number of rotatable bonds is 7. The largest absolute Gasteiger partial charge is 0.494 e. The van der Waals surface area contributed by atoms with Crippen LogP contribution in [0.25, 0.3) is 0 Å². The van der Waals surface area contributed by atoms with E-state index in [1.54, 1.807) is 25.1 Å². The zero-order valence-corrected chi connectivity index (χ0v) is 18.9. The first-order valence-corrected chi connectivity index (χ1v) is 9.14. The van der Waals surface area contributed by atoms with Crippen molar-refractivity contribution in [3.05, 3.63) is 42.0 Å². The summed E-state index contributed by atoms with van der Waals surface area (Å²) in [6.45, 7) is 8.96. The zero-order chi connectivity index (χ0) is 18.9. The number of aliphatic imine (C=N–C) groups is 1. The fourth-order valence-electron chi connectivity index (χ4n) is 2.73. The van der Waals surface area contributed by atoms with Gasteiger partial charge in [-0.15, -0.1) is 30.6 Å². The smallest absolute Gasteiger partial charge is 0.243 e. The van der Waals surface area contributed by atoms with Gasteiger partial charge in [-0.05, 0) is 36.1 Å². The highest BCUT2D eigenvalue weighted by Gasteiger charge is 2.20. The van der Waals surface area contributed by atoms with E-state index in [-0.39, 0.29) is 36.4 Å². The van der Waals surface area contributed by atoms with Crippen molar-refractivity contribution in [3.63, 3.8) is 0 Å². The normalized spacial score (nSPS) is 13.3. The van der Waals surface area contributed by atoms with Gasteiger partial charge in [0.2, 0.25) is 5.91 Å². The van der Waals surface area contributed by atoms with Crippen LogP contribution in [0.2, 0.25) is 0 Å². The number of carbonyl (C=O) groups excluding carboxylic acids is 1. The predicted molar refractivity (Wildman–Crippen MR) is 121 cm³/mol. The molecule has 1 aliphatic heterocycles. The van der Waals surface area contributed by atoms with E-state index in [0.717, 1.165) is 44.2 Å². The average molecular weight is 486 g/mol. The highest BCUT2D eigenvalue weighted by Crippen LogP contribution is 2.24. The molecule has 1 N–H and O–H groups in total. The lowest BCUT2D eigenvalue weighted by molar-refractivity contribution is -0.127. The lowest BCUT2D eigenvalue weighted by Gasteiger charge is -2.32. The summed E-state index contributed by atoms with van der Waals surface area (Å²) in [6.07, 6.45) is 3.72. The molecule has 150 valence electrons. The number of benzene rings is 1. The second kappa shape index (κ2) is 11.8. The Hall–Kier alpha value is -1.77. The first kappa shape index (κ1) is 23.3. The van der Waals surface area contributed by atoms with Crippen molar-refractivity contribution in [2.45, 2.75) is 26.3 Å². The Balaban J connectivity index is 0.00000364. The molecular formula is C20H31IN4O2. The summed E-state index contributed by atoms with van der Waals surface area (Å²) in [5, 5.41) is 3.27. The SMILES string of the molecule is C=CCNC(=NCC(=O)N(C)C)N1CCc2cc(OCCC)ccc2C1.I. The summed E-state index contributed by atoms with van der Waals surface area (Å²) in [4.78, 5) is 20.1. The second-order valence-electron chi connectivity index (χ2n) is 6.55. The number of halogens is 1. The molecule has 0 atom stereocenters. The third-order valence-electron chi connectivity index (χ3n) is 4.23. The molecule has 0 bridgehead atoms. The standard InChI is InChI=1S/C20H30N4O2.HI/c1-5-10-21-20(22-14-19(25)23(3)4)24-11-9-16-13-18(26-12-6-2)8-7-17(16)15-24;/h5,7-8,13H,1,6,9-12,14-15H2,2-4H3,(H,21,22);1H. The summed E-state index contributed by atoms with van der Waals surface area (Å²) in [5.74, 6) is 1.67. The summed E-state index contributed by atoms with van der Waals surface area (Å²) >= 11 is 0. The minimum atomic E-state index is -0.0157. The number of fused-ring (bicyclic) bond motifs is 1. The molecule has 0 unspecified atom stereocenters. The highest BCUT2D eigenvalue weighted by molar-refractivity contribution is 14.0. The third kappa shape index (κ3) is 7.04. The van der Waals surface area contributed by atoms with Gasteiger partial charge in [-0.1, -0.05) is 19.1 Å². The highest BCUT2D eigenvalue weighted by atomic mass is 127. The first-order chi connectivity index (χ1) is 12.5. The maximum Gasteiger partial charge on any atom is 0.243 e. The predicted octanol–water partition coefficient (Wildman–Crippen LogP) is 2.67. The maximum absolute atomic E-state index is 11.9. The molecule has 1 aromatic carbocycles. The minimum Gasteiger partial charge on any atom is -0.494 e. The van der Waals surface area contributed by atoms with Gasteiger partial charge in [0.1, 0.15) is 12.3 Å². The Bertz CT molecular complexity index is 661. The van der Waals surface area contributed by atoms with Crippen LogP contribution in [-0.4, -0.2) is 62.0 Å². The molecule has 27 heavy (non-hydrogen) atoms. The Kier molecular flexibility index (Phi) is 10.2. The van der Waals surface area contributed by atoms with E-state index in [9.17, 15) is 4.79 Å². The third-order valence-corrected chi connectivity index (χ3v) is 4.23. The quantitative estimate of drug-likeness (QED) is 0.279. The van der Waals surface area contributed by atoms with E-state index in [1.165, 1.54) is 11.1 Å². The van der Waals surface area contributed by atoms with Crippen LogP contribution in [-0.2, 0) is 17.8 Å². The Labute approximate surface area is 179 Å². The number of amides is 1. The summed E-state index contributed by atoms with van der Waals surface area (Å²) in [5.41, 5.74) is 2.59. The Morgan fingerprint density at radius 3 is 2.85 bits per heavy atom. The van der Waals surface area contributed by atoms with Gasteiger partial charge in [0, 0.05) is 33.7 Å². The van der Waals surface area contributed by atoms with Crippen LogP contribution >= 0.6 is 24.0 Å². The van der Waals surface area contributed by atoms with Crippen molar-refractivity contribution in [3.8, 4) is 5.75 Å². The van der Waals surface area contributed by atoms with E-state index in [0.29, 0.717) is 6.54 Å². The van der Waals surface area contributed by atoms with Gasteiger partial charge in [0.05, 0.1) is 6.61 Å². The van der Waals surface area contributed by atoms with Gasteiger partial charge in [0.25, 0.3) is 0 Å². The number of guanidine groups is 1. The van der Waals surface area contributed by atoms with Crippen LogP contribution in [0.15, 0.2) is 35.8 Å². The van der Waals surface area contributed by atoms with Crippen molar-refractivity contribution in [2.24, 2.45) is 4.99 Å². The molecule has 0 fully saturated rings. The summed E-state index contributed by atoms with van der Waals surface area (Å²) in [7, 11) is 3.48. The Morgan fingerprint density at radius 1 is 1.41 bits per heavy atom. The zero-order valence-electron chi connectivity index (χ0n) is 16.5. The van der Waals surface area contributed by atoms with Crippen LogP contribution < -0.4 is 10.1 Å². The monoisotopic (exact) mass is 486 g/mol. The number of likely N-dealkylation sites (N-methyl/N-ethyl adjacent to an activating group) is 1. The fourth-order valence-corrected chi connectivity index (χ4v) is 2.73. The molecule has 0 saturated heterocycles. The van der Waals surface area contributed by atoms with Gasteiger partial charge in [0.15, 0.2) is 5.96 Å². The molecule has 1 aromatic rings. The summed E-state index contributed by atoms with van der Waals surface area (Å²) in [6, 6.07) is 6.30.